The number of ether oxygens (including phenoxy) is 1. The lowest BCUT2D eigenvalue weighted by molar-refractivity contribution is -0.146. The van der Waals surface area contributed by atoms with Crippen molar-refractivity contribution in [3.05, 3.63) is 34.9 Å². The number of thioether (sulfide) groups is 1. The van der Waals surface area contributed by atoms with Gasteiger partial charge < -0.3 is 9.84 Å². The quantitative estimate of drug-likeness (QED) is 0.492. The molecule has 0 spiro atoms. The largest absolute Gasteiger partial charge is 0.469 e. The molecule has 3 radical (unpaired) electrons. The maximum Gasteiger partial charge on any atom is 0.308 e. The van der Waals surface area contributed by atoms with E-state index in [9.17, 15) is 9.90 Å². The summed E-state index contributed by atoms with van der Waals surface area (Å²) in [7, 11) is 1.40. The van der Waals surface area contributed by atoms with Gasteiger partial charge in [0.05, 0.1) is 19.1 Å². The summed E-state index contributed by atoms with van der Waals surface area (Å²) in [6.07, 6.45) is 5.57. The summed E-state index contributed by atoms with van der Waals surface area (Å²) in [6.45, 7) is 2.05. The smallest absolute Gasteiger partial charge is 0.308 e. The number of carbonyl (C=O) groups excluding carboxylic acids is 1. The van der Waals surface area contributed by atoms with Crippen LogP contribution in [0.5, 0.6) is 0 Å². The number of fused-ring (bicyclic) bond motifs is 1. The molecule has 0 saturated heterocycles. The molecule has 1 N–H and O–H groups in total. The number of methoxy groups -OCH3 is 1. The van der Waals surface area contributed by atoms with Gasteiger partial charge in [0.15, 0.2) is 0 Å². The number of aliphatic hydroxyl groups excluding tert-OH is 1. The molecule has 3 nitrogen and oxygen atoms in total. The zero-order valence-corrected chi connectivity index (χ0v) is 14.1. The van der Waals surface area contributed by atoms with Crippen molar-refractivity contribution in [2.45, 2.75) is 32.3 Å². The third-order valence-electron chi connectivity index (χ3n) is 3.59. The number of hydrogen-bond donors (Lipinski definition) is 1. The highest BCUT2D eigenvalue weighted by Gasteiger charge is 2.28. The zero-order valence-electron chi connectivity index (χ0n) is 13.3. The van der Waals surface area contributed by atoms with Gasteiger partial charge in [0.1, 0.15) is 0 Å². The number of hydrogen-bond acceptors (Lipinski definition) is 4. The number of benzene rings is 1. The molecule has 1 aromatic carbocycles. The fourth-order valence-corrected chi connectivity index (χ4v) is 2.59. The monoisotopic (exact) mass is 307 g/mol. The fourth-order valence-electron chi connectivity index (χ4n) is 2.59. The molecule has 0 bridgehead atoms. The van der Waals surface area contributed by atoms with Crippen LogP contribution in [0.2, 0.25) is 0 Å². The Hall–Kier alpha value is -0.935. The summed E-state index contributed by atoms with van der Waals surface area (Å²) in [6, 6.07) is 5.95. The number of aryl methyl sites for hydroxylation is 1. The molecule has 0 aromatic heterocycles. The summed E-state index contributed by atoms with van der Waals surface area (Å²) in [5.74, 6) is -0.406. The van der Waals surface area contributed by atoms with E-state index in [1.54, 1.807) is 11.8 Å². The number of rotatable bonds is 1. The SMILES string of the molecule is COC(=O)[C@H]1CCc2c(C)cccc2[C@H](O)C1.CSC.[B]. The van der Waals surface area contributed by atoms with Gasteiger partial charge in [0, 0.05) is 8.41 Å². The van der Waals surface area contributed by atoms with E-state index in [0.717, 1.165) is 18.4 Å². The molecule has 21 heavy (non-hydrogen) atoms. The van der Waals surface area contributed by atoms with Crippen LogP contribution in [0.4, 0.5) is 0 Å². The highest BCUT2D eigenvalue weighted by Crippen LogP contribution is 2.33. The molecule has 0 heterocycles. The number of carbonyl (C=O) groups is 1. The second-order valence-corrected chi connectivity index (χ2v) is 5.88. The van der Waals surface area contributed by atoms with Crippen molar-refractivity contribution in [3.63, 3.8) is 0 Å². The van der Waals surface area contributed by atoms with Gasteiger partial charge in [0.25, 0.3) is 0 Å². The van der Waals surface area contributed by atoms with Crippen LogP contribution in [0.25, 0.3) is 0 Å². The molecule has 2 atom stereocenters. The van der Waals surface area contributed by atoms with E-state index in [0.29, 0.717) is 6.42 Å². The second kappa shape index (κ2) is 9.90. The lowest BCUT2D eigenvalue weighted by Gasteiger charge is -2.15. The van der Waals surface area contributed by atoms with E-state index in [-0.39, 0.29) is 20.3 Å². The Morgan fingerprint density at radius 1 is 1.38 bits per heavy atom. The highest BCUT2D eigenvalue weighted by molar-refractivity contribution is 7.97. The minimum absolute atomic E-state index is 0. The molecule has 0 amide bonds. The van der Waals surface area contributed by atoms with Gasteiger partial charge in [-0.15, -0.1) is 0 Å². The molecular formula is C16H24BO3S. The minimum atomic E-state index is -0.559. The van der Waals surface area contributed by atoms with Crippen LogP contribution in [0.15, 0.2) is 18.2 Å². The molecule has 0 unspecified atom stereocenters. The standard InChI is InChI=1S/C14H18O3.C2H6S.B/c1-9-4-3-5-12-11(9)7-6-10(8-13(12)15)14(16)17-2;1-3-2;/h3-5,10,13,15H,6-8H2,1-2H3;1-2H3;/t10-,13+;;/m0../s1. The van der Waals surface area contributed by atoms with Crippen molar-refractivity contribution in [2.24, 2.45) is 5.92 Å². The van der Waals surface area contributed by atoms with Gasteiger partial charge in [-0.1, -0.05) is 18.2 Å². The normalized spacial score (nSPS) is 20.0. The summed E-state index contributed by atoms with van der Waals surface area (Å²) in [4.78, 5) is 11.6. The van der Waals surface area contributed by atoms with Gasteiger partial charge in [-0.3, -0.25) is 4.79 Å². The molecule has 0 saturated carbocycles. The average molecular weight is 307 g/mol. The molecule has 2 rings (SSSR count). The van der Waals surface area contributed by atoms with Crippen molar-refractivity contribution in [1.29, 1.82) is 0 Å². The van der Waals surface area contributed by atoms with E-state index >= 15 is 0 Å². The first-order chi connectivity index (χ1) is 9.54. The summed E-state index contributed by atoms with van der Waals surface area (Å²) in [5, 5.41) is 10.2. The predicted octanol–water partition coefficient (Wildman–Crippen LogP) is 2.75. The molecule has 1 aliphatic rings. The molecule has 115 valence electrons. The first-order valence-electron chi connectivity index (χ1n) is 6.79. The Kier molecular flexibility index (Phi) is 9.46. The zero-order chi connectivity index (χ0) is 15.1. The maximum absolute atomic E-state index is 11.6. The van der Waals surface area contributed by atoms with Gasteiger partial charge in [-0.25, -0.2) is 0 Å². The van der Waals surface area contributed by atoms with E-state index in [1.807, 2.05) is 37.6 Å². The van der Waals surface area contributed by atoms with E-state index in [2.05, 4.69) is 0 Å². The third-order valence-corrected chi connectivity index (χ3v) is 3.59. The fraction of sp³-hybridized carbons (Fsp3) is 0.562. The van der Waals surface area contributed by atoms with Gasteiger partial charge in [0.2, 0.25) is 0 Å². The minimum Gasteiger partial charge on any atom is -0.469 e. The van der Waals surface area contributed by atoms with Gasteiger partial charge in [-0.2, -0.15) is 11.8 Å². The maximum atomic E-state index is 11.6. The summed E-state index contributed by atoms with van der Waals surface area (Å²) >= 11 is 1.75. The summed E-state index contributed by atoms with van der Waals surface area (Å²) in [5.41, 5.74) is 3.34. The van der Waals surface area contributed by atoms with Crippen LogP contribution in [0.1, 0.15) is 35.6 Å². The van der Waals surface area contributed by atoms with Crippen LogP contribution in [0.3, 0.4) is 0 Å². The Morgan fingerprint density at radius 2 is 2.00 bits per heavy atom. The lowest BCUT2D eigenvalue weighted by Crippen LogP contribution is -2.17. The Balaban J connectivity index is 0.000000922. The van der Waals surface area contributed by atoms with E-state index in [4.69, 9.17) is 4.74 Å². The lowest BCUT2D eigenvalue weighted by atomic mass is 9.97. The summed E-state index contributed by atoms with van der Waals surface area (Å²) < 4.78 is 4.77. The van der Waals surface area contributed by atoms with Crippen molar-refractivity contribution < 1.29 is 14.6 Å². The van der Waals surface area contributed by atoms with Crippen molar-refractivity contribution in [3.8, 4) is 0 Å². The van der Waals surface area contributed by atoms with Crippen molar-refractivity contribution in [2.75, 3.05) is 19.6 Å². The molecule has 1 aromatic rings. The molecule has 1 aliphatic carbocycles. The first kappa shape index (κ1) is 20.1. The van der Waals surface area contributed by atoms with Crippen LogP contribution in [0, 0.1) is 12.8 Å². The number of esters is 1. The van der Waals surface area contributed by atoms with Crippen molar-refractivity contribution in [1.82, 2.24) is 0 Å². The molecular weight excluding hydrogens is 283 g/mol. The van der Waals surface area contributed by atoms with E-state index < -0.39 is 6.10 Å². The molecule has 0 fully saturated rings. The highest BCUT2D eigenvalue weighted by atomic mass is 32.2. The van der Waals surface area contributed by atoms with Crippen LogP contribution >= 0.6 is 11.8 Å². The Labute approximate surface area is 134 Å². The van der Waals surface area contributed by atoms with Crippen LogP contribution < -0.4 is 0 Å². The molecule has 5 heteroatoms. The third kappa shape index (κ3) is 5.40. The average Bonchev–Trinajstić information content (AvgIpc) is 2.60. The second-order valence-electron chi connectivity index (χ2n) is 5.06. The van der Waals surface area contributed by atoms with Gasteiger partial charge >= 0.3 is 5.97 Å². The topological polar surface area (TPSA) is 46.5 Å². The Morgan fingerprint density at radius 3 is 2.57 bits per heavy atom. The molecule has 0 aliphatic heterocycles. The number of aliphatic hydroxyl groups is 1. The van der Waals surface area contributed by atoms with Crippen LogP contribution in [-0.2, 0) is 16.0 Å². The van der Waals surface area contributed by atoms with Gasteiger partial charge in [-0.05, 0) is 55.4 Å². The Bertz CT molecular complexity index is 451. The van der Waals surface area contributed by atoms with Crippen LogP contribution in [-0.4, -0.2) is 39.1 Å². The predicted molar refractivity (Wildman–Crippen MR) is 89.8 cm³/mol. The van der Waals surface area contributed by atoms with E-state index in [1.165, 1.54) is 18.2 Å². The first-order valence-corrected chi connectivity index (χ1v) is 8.42. The van der Waals surface area contributed by atoms with Crippen molar-refractivity contribution >= 4 is 26.1 Å².